The van der Waals surface area contributed by atoms with Crippen LogP contribution in [0.5, 0.6) is 0 Å². The molecule has 0 saturated carbocycles. The molecule has 0 N–H and O–H groups in total. The van der Waals surface area contributed by atoms with Gasteiger partial charge < -0.3 is 0 Å². The molecule has 0 fully saturated rings. The van der Waals surface area contributed by atoms with Crippen LogP contribution >= 0.6 is 46.0 Å². The van der Waals surface area contributed by atoms with Crippen molar-refractivity contribution >= 4 is 46.0 Å². The van der Waals surface area contributed by atoms with E-state index < -0.39 is 0 Å². The van der Waals surface area contributed by atoms with Crippen molar-refractivity contribution in [1.82, 2.24) is 0 Å². The van der Waals surface area contributed by atoms with Gasteiger partial charge in [0.15, 0.2) is 46.0 Å². The van der Waals surface area contributed by atoms with Gasteiger partial charge in [-0.2, -0.15) is 6.43 Å². The molecule has 0 heterocycles. The van der Waals surface area contributed by atoms with E-state index in [0.29, 0.717) is 0 Å². The first-order valence-corrected chi connectivity index (χ1v) is 2.24. The van der Waals surface area contributed by atoms with Crippen LogP contribution in [0.4, 0.5) is 0 Å². The monoisotopic (exact) mass is 337 g/mol. The minimum Gasteiger partial charge on any atom is -0.156 e. The van der Waals surface area contributed by atoms with E-state index in [4.69, 9.17) is 0 Å². The second-order valence-corrected chi connectivity index (χ2v) is 0.845. The van der Waals surface area contributed by atoms with E-state index in [-0.39, 0.29) is 18.6 Å². The van der Waals surface area contributed by atoms with Crippen LogP contribution in [0.3, 0.4) is 0 Å². The zero-order chi connectivity index (χ0) is 3.41. The summed E-state index contributed by atoms with van der Waals surface area (Å²) >= 11 is 3.24. The van der Waals surface area contributed by atoms with E-state index in [0.717, 1.165) is 0 Å². The molecule has 0 rings (SSSR count). The first-order chi connectivity index (χ1) is 1.91. The Hall–Kier alpha value is 1.96. The number of hydrogen-bond acceptors (Lipinski definition) is 2. The van der Waals surface area contributed by atoms with Crippen molar-refractivity contribution in [2.45, 2.75) is 0 Å². The molecule has 0 atom stereocenters. The molecule has 0 amide bonds. The summed E-state index contributed by atoms with van der Waals surface area (Å²) in [4.78, 5) is 0. The summed E-state index contributed by atoms with van der Waals surface area (Å²) in [5.41, 5.74) is 0. The zero-order valence-electron chi connectivity index (χ0n) is 2.02. The third kappa shape index (κ3) is 10.7. The third-order valence-electron chi connectivity index (χ3n) is 0.0238. The largest absolute Gasteiger partial charge is 0.156 e. The van der Waals surface area contributed by atoms with Crippen molar-refractivity contribution in [2.75, 3.05) is 0 Å². The number of halogens is 2. The van der Waals surface area contributed by atoms with Crippen molar-refractivity contribution in [3.8, 4) is 0 Å². The summed E-state index contributed by atoms with van der Waals surface area (Å²) in [5, 5.41) is 0. The van der Waals surface area contributed by atoms with E-state index in [1.165, 1.54) is 0 Å². The summed E-state index contributed by atoms with van der Waals surface area (Å²) < 4.78 is 8.00. The molecule has 0 spiro atoms. The smallest absolute Gasteiger partial charge is 0.156 e. The SMILES string of the molecule is IOOI.[V]. The van der Waals surface area contributed by atoms with E-state index in [1.807, 2.05) is 0 Å². The topological polar surface area (TPSA) is 18.5 Å². The molecular weight excluding hydrogens is 337 g/mol. The Morgan fingerprint density at radius 1 is 1.00 bits per heavy atom. The van der Waals surface area contributed by atoms with Gasteiger partial charge in [-0.05, 0) is 0 Å². The van der Waals surface area contributed by atoms with Gasteiger partial charge in [0, 0.05) is 18.6 Å². The summed E-state index contributed by atoms with van der Waals surface area (Å²) in [6.45, 7) is 0. The first kappa shape index (κ1) is 10.1. The summed E-state index contributed by atoms with van der Waals surface area (Å²) in [6, 6.07) is 0. The van der Waals surface area contributed by atoms with Gasteiger partial charge in [-0.3, -0.25) is 0 Å². The molecule has 0 aromatic rings. The van der Waals surface area contributed by atoms with Gasteiger partial charge >= 0.3 is 0 Å². The average Bonchev–Trinajstić information content (AvgIpc) is 1.37. The van der Waals surface area contributed by atoms with Gasteiger partial charge in [0.1, 0.15) is 0 Å². The maximum absolute atomic E-state index is 4.00. The van der Waals surface area contributed by atoms with Crippen molar-refractivity contribution < 1.29 is 25.0 Å². The van der Waals surface area contributed by atoms with E-state index >= 15 is 0 Å². The molecule has 0 unspecified atom stereocenters. The zero-order valence-corrected chi connectivity index (χ0v) is 7.73. The van der Waals surface area contributed by atoms with Crippen LogP contribution in [0.2, 0.25) is 0 Å². The standard InChI is InChI=1S/I2O2.V/c1-3-4-2;. The normalized spacial score (nSPS) is 6.00. The molecule has 31 valence electrons. The van der Waals surface area contributed by atoms with Gasteiger partial charge in [-0.25, -0.2) is 0 Å². The Labute approximate surface area is 70.2 Å². The predicted molar refractivity (Wildman–Crippen MR) is 30.2 cm³/mol. The molecule has 5 heavy (non-hydrogen) atoms. The van der Waals surface area contributed by atoms with E-state index in [1.54, 1.807) is 46.0 Å². The van der Waals surface area contributed by atoms with Gasteiger partial charge in [-0.1, -0.05) is 0 Å². The van der Waals surface area contributed by atoms with Gasteiger partial charge in [0.25, 0.3) is 0 Å². The Balaban J connectivity index is 0. The number of rotatable bonds is 1. The Bertz CT molecular complexity index is 9.61. The van der Waals surface area contributed by atoms with Gasteiger partial charge in [0.05, 0.1) is 0 Å². The average molecular weight is 337 g/mol. The Morgan fingerprint density at radius 2 is 1.20 bits per heavy atom. The Morgan fingerprint density at radius 3 is 1.20 bits per heavy atom. The summed E-state index contributed by atoms with van der Waals surface area (Å²) in [7, 11) is 0. The fraction of sp³-hybridized carbons (Fsp3) is 0. The second kappa shape index (κ2) is 9.35. The molecule has 0 bridgehead atoms. The molecule has 0 aliphatic rings. The molecule has 0 aromatic heterocycles. The van der Waals surface area contributed by atoms with Crippen LogP contribution in [0, 0.1) is 0 Å². The van der Waals surface area contributed by atoms with E-state index in [2.05, 4.69) is 6.43 Å². The van der Waals surface area contributed by atoms with Crippen LogP contribution in [0.25, 0.3) is 0 Å². The molecule has 0 aromatic carbocycles. The molecule has 0 aliphatic heterocycles. The summed E-state index contributed by atoms with van der Waals surface area (Å²) in [6.07, 6.45) is 0. The van der Waals surface area contributed by atoms with Crippen LogP contribution in [-0.2, 0) is 25.0 Å². The molecule has 5 heteroatoms. The van der Waals surface area contributed by atoms with Crippen LogP contribution < -0.4 is 0 Å². The van der Waals surface area contributed by atoms with Crippen LogP contribution in [0.1, 0.15) is 0 Å². The summed E-state index contributed by atoms with van der Waals surface area (Å²) in [5.74, 6) is 0. The third-order valence-corrected chi connectivity index (χ3v) is 1.07. The first-order valence-electron chi connectivity index (χ1n) is 0.475. The van der Waals surface area contributed by atoms with Gasteiger partial charge in [0.2, 0.25) is 0 Å². The van der Waals surface area contributed by atoms with Crippen molar-refractivity contribution in [1.29, 1.82) is 0 Å². The van der Waals surface area contributed by atoms with Crippen molar-refractivity contribution in [2.24, 2.45) is 0 Å². The molecule has 1 radical (unpaired) electrons. The van der Waals surface area contributed by atoms with Crippen molar-refractivity contribution in [3.05, 3.63) is 0 Å². The maximum Gasteiger partial charge on any atom is 0.156 e. The second-order valence-electron chi connectivity index (χ2n) is 0.126. The number of hydrogen-bond donors (Lipinski definition) is 0. The van der Waals surface area contributed by atoms with Gasteiger partial charge in [-0.15, -0.1) is 0 Å². The quantitative estimate of drug-likeness (QED) is 0.412. The molecule has 0 saturated heterocycles. The fourth-order valence-corrected chi connectivity index (χ4v) is 0. The minimum absolute atomic E-state index is 0. The van der Waals surface area contributed by atoms with E-state index in [9.17, 15) is 0 Å². The predicted octanol–water partition coefficient (Wildman–Crippen LogP) is 1.63. The van der Waals surface area contributed by atoms with Crippen LogP contribution in [0.15, 0.2) is 0 Å². The fourth-order valence-electron chi connectivity index (χ4n) is 0. The molecule has 0 aliphatic carbocycles. The Kier molecular flexibility index (Phi) is 18.8. The molecular formula is I2O2V. The van der Waals surface area contributed by atoms with Crippen molar-refractivity contribution in [3.63, 3.8) is 0 Å². The molecule has 2 nitrogen and oxygen atoms in total. The maximum atomic E-state index is 4.00. The minimum atomic E-state index is 0. The van der Waals surface area contributed by atoms with Crippen LogP contribution in [-0.4, -0.2) is 0 Å².